The van der Waals surface area contributed by atoms with E-state index in [1.807, 2.05) is 30.3 Å². The second-order valence-corrected chi connectivity index (χ2v) is 5.83. The highest BCUT2D eigenvalue weighted by Crippen LogP contribution is 2.06. The van der Waals surface area contributed by atoms with Crippen LogP contribution in [0.4, 0.5) is 0 Å². The molecule has 0 aliphatic rings. The van der Waals surface area contributed by atoms with Crippen LogP contribution in [0.5, 0.6) is 0 Å². The monoisotopic (exact) mass is 315 g/mol. The predicted molar refractivity (Wildman–Crippen MR) is 93.7 cm³/mol. The maximum Gasteiger partial charge on any atom is 0.243 e. The summed E-state index contributed by atoms with van der Waals surface area (Å²) < 4.78 is 0. The van der Waals surface area contributed by atoms with Crippen molar-refractivity contribution in [1.29, 1.82) is 0 Å². The number of alkyl halides is 1. The molecule has 1 amide bonds. The van der Waals surface area contributed by atoms with Crippen LogP contribution in [0.15, 0.2) is 54.6 Å². The Morgan fingerprint density at radius 2 is 2.00 bits per heavy atom. The standard InChI is InChI=1S/C19H22ClNO/c1-16(2)15-21-19(22)13-9-4-3-8-12-18(20)14-17-10-6-5-7-11-17/h3-7,9-11,13,16,18H,14-15H2,1-2H3,(H,21,22)/b4-3?,13-9+. The molecular weight excluding hydrogens is 294 g/mol. The summed E-state index contributed by atoms with van der Waals surface area (Å²) in [6.45, 7) is 4.79. The number of hydrogen-bond acceptors (Lipinski definition) is 1. The summed E-state index contributed by atoms with van der Waals surface area (Å²) in [7, 11) is 0. The maximum atomic E-state index is 11.4. The summed E-state index contributed by atoms with van der Waals surface area (Å²) in [5.74, 6) is 6.19. The third-order valence-corrected chi connectivity index (χ3v) is 2.98. The molecule has 22 heavy (non-hydrogen) atoms. The molecule has 0 spiro atoms. The van der Waals surface area contributed by atoms with Crippen molar-refractivity contribution in [2.24, 2.45) is 5.92 Å². The summed E-state index contributed by atoms with van der Waals surface area (Å²) in [5, 5.41) is 2.58. The van der Waals surface area contributed by atoms with Gasteiger partial charge in [-0.15, -0.1) is 11.6 Å². The van der Waals surface area contributed by atoms with E-state index in [0.717, 1.165) is 6.42 Å². The van der Waals surface area contributed by atoms with Gasteiger partial charge in [0.25, 0.3) is 0 Å². The van der Waals surface area contributed by atoms with E-state index in [0.29, 0.717) is 12.5 Å². The Morgan fingerprint density at radius 3 is 2.68 bits per heavy atom. The highest BCUT2D eigenvalue weighted by molar-refractivity contribution is 6.22. The molecule has 2 nitrogen and oxygen atoms in total. The molecule has 0 saturated carbocycles. The van der Waals surface area contributed by atoms with Gasteiger partial charge < -0.3 is 5.32 Å². The van der Waals surface area contributed by atoms with Gasteiger partial charge >= 0.3 is 0 Å². The number of hydrogen-bond donors (Lipinski definition) is 1. The van der Waals surface area contributed by atoms with Crippen molar-refractivity contribution in [2.45, 2.75) is 25.6 Å². The lowest BCUT2D eigenvalue weighted by Crippen LogP contribution is -2.25. The summed E-state index contributed by atoms with van der Waals surface area (Å²) in [5.41, 5.74) is 1.17. The average Bonchev–Trinajstić information content (AvgIpc) is 2.49. The zero-order valence-corrected chi connectivity index (χ0v) is 13.8. The van der Waals surface area contributed by atoms with Crippen molar-refractivity contribution < 1.29 is 4.79 Å². The van der Waals surface area contributed by atoms with Crippen LogP contribution in [0, 0.1) is 17.8 Å². The Labute approximate surface area is 138 Å². The number of benzene rings is 1. The van der Waals surface area contributed by atoms with E-state index >= 15 is 0 Å². The SMILES string of the molecule is CC(C)CNC(=O)/C=C/C=CC#CC(Cl)Cc1ccccc1. The summed E-state index contributed by atoms with van der Waals surface area (Å²) in [4.78, 5) is 11.4. The zero-order valence-electron chi connectivity index (χ0n) is 13.1. The Bertz CT molecular complexity index is 564. The lowest BCUT2D eigenvalue weighted by molar-refractivity contribution is -0.116. The van der Waals surface area contributed by atoms with E-state index in [2.05, 4.69) is 31.0 Å². The van der Waals surface area contributed by atoms with E-state index < -0.39 is 0 Å². The molecule has 0 radical (unpaired) electrons. The second kappa shape index (κ2) is 10.7. The van der Waals surface area contributed by atoms with Crippen LogP contribution in [0.2, 0.25) is 0 Å². The van der Waals surface area contributed by atoms with Gasteiger partial charge in [0, 0.05) is 12.6 Å². The normalized spacial score (nSPS) is 12.4. The number of nitrogens with one attached hydrogen (secondary N) is 1. The number of carbonyl (C=O) groups is 1. The molecule has 1 rings (SSSR count). The molecule has 1 atom stereocenters. The van der Waals surface area contributed by atoms with Gasteiger partial charge in [-0.25, -0.2) is 0 Å². The molecule has 1 aromatic carbocycles. The Balaban J connectivity index is 2.32. The predicted octanol–water partition coefficient (Wildman–Crippen LogP) is 3.72. The molecule has 0 aliphatic heterocycles. The van der Waals surface area contributed by atoms with Gasteiger partial charge in [-0.05, 0) is 24.0 Å². The van der Waals surface area contributed by atoms with Gasteiger partial charge in [-0.2, -0.15) is 0 Å². The molecule has 1 unspecified atom stereocenters. The van der Waals surface area contributed by atoms with Crippen LogP contribution in [-0.4, -0.2) is 17.8 Å². The fourth-order valence-electron chi connectivity index (χ4n) is 1.62. The molecule has 116 valence electrons. The first-order valence-corrected chi connectivity index (χ1v) is 7.81. The first-order chi connectivity index (χ1) is 10.6. The van der Waals surface area contributed by atoms with Crippen LogP contribution in [0.25, 0.3) is 0 Å². The van der Waals surface area contributed by atoms with Crippen LogP contribution in [0.3, 0.4) is 0 Å². The smallest absolute Gasteiger partial charge is 0.243 e. The number of halogens is 1. The van der Waals surface area contributed by atoms with Crippen molar-refractivity contribution in [3.8, 4) is 11.8 Å². The molecule has 3 heteroatoms. The van der Waals surface area contributed by atoms with Crippen LogP contribution in [-0.2, 0) is 11.2 Å². The van der Waals surface area contributed by atoms with Gasteiger partial charge in [-0.3, -0.25) is 4.79 Å². The minimum Gasteiger partial charge on any atom is -0.352 e. The van der Waals surface area contributed by atoms with Crippen molar-refractivity contribution in [3.63, 3.8) is 0 Å². The second-order valence-electron chi connectivity index (χ2n) is 5.30. The van der Waals surface area contributed by atoms with Gasteiger partial charge in [0.2, 0.25) is 5.91 Å². The van der Waals surface area contributed by atoms with Crippen molar-refractivity contribution in [2.75, 3.05) is 6.54 Å². The zero-order chi connectivity index (χ0) is 16.2. The van der Waals surface area contributed by atoms with Gasteiger partial charge in [0.05, 0.1) is 5.38 Å². The van der Waals surface area contributed by atoms with Crippen LogP contribution in [0.1, 0.15) is 19.4 Å². The quantitative estimate of drug-likeness (QED) is 0.368. The lowest BCUT2D eigenvalue weighted by atomic mass is 10.1. The fourth-order valence-corrected chi connectivity index (χ4v) is 1.86. The Kier molecular flexibility index (Phi) is 8.79. The summed E-state index contributed by atoms with van der Waals surface area (Å²) in [6, 6.07) is 10.0. The van der Waals surface area contributed by atoms with Gasteiger partial charge in [0.1, 0.15) is 0 Å². The average molecular weight is 316 g/mol. The third kappa shape index (κ3) is 9.05. The number of rotatable bonds is 6. The largest absolute Gasteiger partial charge is 0.352 e. The summed E-state index contributed by atoms with van der Waals surface area (Å²) >= 11 is 6.16. The molecule has 0 saturated heterocycles. The number of allylic oxidation sites excluding steroid dienone is 3. The van der Waals surface area contributed by atoms with E-state index in [1.165, 1.54) is 11.6 Å². The molecule has 0 aliphatic carbocycles. The first-order valence-electron chi connectivity index (χ1n) is 7.38. The minimum atomic E-state index is -0.217. The van der Waals surface area contributed by atoms with Crippen molar-refractivity contribution in [1.82, 2.24) is 5.32 Å². The number of carbonyl (C=O) groups excluding carboxylic acids is 1. The molecule has 0 heterocycles. The Hall–Kier alpha value is -1.98. The van der Waals surface area contributed by atoms with Crippen LogP contribution < -0.4 is 5.32 Å². The third-order valence-electron chi connectivity index (χ3n) is 2.72. The number of amides is 1. The topological polar surface area (TPSA) is 29.1 Å². The lowest BCUT2D eigenvalue weighted by Gasteiger charge is -2.03. The van der Waals surface area contributed by atoms with Crippen molar-refractivity contribution >= 4 is 17.5 Å². The molecular formula is C19H22ClNO. The maximum absolute atomic E-state index is 11.4. The summed E-state index contributed by atoms with van der Waals surface area (Å²) in [6.07, 6.45) is 7.30. The molecule has 1 aromatic rings. The first kappa shape index (κ1) is 18.1. The minimum absolute atomic E-state index is 0.0920. The van der Waals surface area contributed by atoms with E-state index in [9.17, 15) is 4.79 Å². The van der Waals surface area contributed by atoms with Crippen molar-refractivity contribution in [3.05, 3.63) is 60.2 Å². The Morgan fingerprint density at radius 1 is 1.27 bits per heavy atom. The highest BCUT2D eigenvalue weighted by atomic mass is 35.5. The molecule has 0 bridgehead atoms. The van der Waals surface area contributed by atoms with Gasteiger partial charge in [-0.1, -0.05) is 68.2 Å². The van der Waals surface area contributed by atoms with Crippen LogP contribution >= 0.6 is 11.6 Å². The molecule has 0 fully saturated rings. The molecule has 1 N–H and O–H groups in total. The van der Waals surface area contributed by atoms with E-state index in [1.54, 1.807) is 18.2 Å². The van der Waals surface area contributed by atoms with Gasteiger partial charge in [0.15, 0.2) is 0 Å². The fraction of sp³-hybridized carbons (Fsp3) is 0.316. The van der Waals surface area contributed by atoms with E-state index in [4.69, 9.17) is 11.6 Å². The molecule has 0 aromatic heterocycles. The van der Waals surface area contributed by atoms with E-state index in [-0.39, 0.29) is 11.3 Å². The highest BCUT2D eigenvalue weighted by Gasteiger charge is 2.00.